The molecular weight excluding hydrogens is 204 g/mol. The predicted molar refractivity (Wildman–Crippen MR) is 60.6 cm³/mol. The second-order valence-corrected chi connectivity index (χ2v) is 4.53. The van der Waals surface area contributed by atoms with Crippen LogP contribution in [-0.4, -0.2) is 16.7 Å². The number of rotatable bonds is 4. The van der Waals surface area contributed by atoms with E-state index in [1.807, 2.05) is 31.2 Å². The standard InChI is InChI=1S/C13H16O3/c1-10-4-2-5-11(8-10)16-13(6-3-7-13)9-12(14)15/h2,4-5,8H,3,6-7,9H2,1H3,(H,14,15). The lowest BCUT2D eigenvalue weighted by Gasteiger charge is -2.40. The molecule has 1 fully saturated rings. The summed E-state index contributed by atoms with van der Waals surface area (Å²) in [6, 6.07) is 7.76. The van der Waals surface area contributed by atoms with Gasteiger partial charge in [0.2, 0.25) is 0 Å². The first kappa shape index (κ1) is 11.0. The number of aliphatic carboxylic acids is 1. The van der Waals surface area contributed by atoms with Crippen molar-refractivity contribution in [1.29, 1.82) is 0 Å². The van der Waals surface area contributed by atoms with Gasteiger partial charge in [0.05, 0.1) is 6.42 Å². The van der Waals surface area contributed by atoms with Crippen LogP contribution in [0.25, 0.3) is 0 Å². The fourth-order valence-corrected chi connectivity index (χ4v) is 2.09. The van der Waals surface area contributed by atoms with Gasteiger partial charge in [-0.25, -0.2) is 0 Å². The summed E-state index contributed by atoms with van der Waals surface area (Å²) < 4.78 is 5.85. The van der Waals surface area contributed by atoms with Crippen LogP contribution in [0.3, 0.4) is 0 Å². The Kier molecular flexibility index (Phi) is 2.86. The topological polar surface area (TPSA) is 46.5 Å². The SMILES string of the molecule is Cc1cccc(OC2(CC(=O)O)CCC2)c1. The Morgan fingerprint density at radius 2 is 2.25 bits per heavy atom. The maximum absolute atomic E-state index is 10.8. The first-order chi connectivity index (χ1) is 7.60. The molecule has 1 saturated carbocycles. The molecule has 0 radical (unpaired) electrons. The van der Waals surface area contributed by atoms with Crippen LogP contribution >= 0.6 is 0 Å². The fourth-order valence-electron chi connectivity index (χ4n) is 2.09. The molecule has 0 amide bonds. The molecule has 3 heteroatoms. The van der Waals surface area contributed by atoms with Crippen LogP contribution in [0.4, 0.5) is 0 Å². The van der Waals surface area contributed by atoms with Gasteiger partial charge in [-0.05, 0) is 43.9 Å². The number of carboxylic acid groups (broad SMARTS) is 1. The number of ether oxygens (including phenoxy) is 1. The molecule has 1 aromatic carbocycles. The van der Waals surface area contributed by atoms with Gasteiger partial charge in [-0.1, -0.05) is 12.1 Å². The van der Waals surface area contributed by atoms with Crippen LogP contribution in [0.5, 0.6) is 5.75 Å². The summed E-state index contributed by atoms with van der Waals surface area (Å²) in [4.78, 5) is 10.8. The van der Waals surface area contributed by atoms with Crippen molar-refractivity contribution in [1.82, 2.24) is 0 Å². The van der Waals surface area contributed by atoms with Crippen molar-refractivity contribution in [2.24, 2.45) is 0 Å². The molecule has 0 aromatic heterocycles. The lowest BCUT2D eigenvalue weighted by Crippen LogP contribution is -2.45. The monoisotopic (exact) mass is 220 g/mol. The van der Waals surface area contributed by atoms with Crippen molar-refractivity contribution in [2.75, 3.05) is 0 Å². The molecule has 2 rings (SSSR count). The largest absolute Gasteiger partial charge is 0.487 e. The molecule has 0 atom stereocenters. The molecule has 1 aliphatic rings. The van der Waals surface area contributed by atoms with Gasteiger partial charge in [0.15, 0.2) is 0 Å². The summed E-state index contributed by atoms with van der Waals surface area (Å²) in [6.45, 7) is 2.00. The van der Waals surface area contributed by atoms with E-state index in [-0.39, 0.29) is 6.42 Å². The summed E-state index contributed by atoms with van der Waals surface area (Å²) in [5, 5.41) is 8.87. The van der Waals surface area contributed by atoms with Crippen molar-refractivity contribution in [2.45, 2.75) is 38.2 Å². The van der Waals surface area contributed by atoms with E-state index < -0.39 is 11.6 Å². The van der Waals surface area contributed by atoms with E-state index >= 15 is 0 Å². The highest BCUT2D eigenvalue weighted by molar-refractivity contribution is 5.68. The van der Waals surface area contributed by atoms with Gasteiger partial charge in [0.25, 0.3) is 0 Å². The average molecular weight is 220 g/mol. The molecule has 1 aromatic rings. The normalized spacial score (nSPS) is 17.6. The Morgan fingerprint density at radius 1 is 1.50 bits per heavy atom. The van der Waals surface area contributed by atoms with Crippen LogP contribution < -0.4 is 4.74 Å². The van der Waals surface area contributed by atoms with Gasteiger partial charge < -0.3 is 9.84 Å². The molecule has 3 nitrogen and oxygen atoms in total. The van der Waals surface area contributed by atoms with Gasteiger partial charge in [-0.3, -0.25) is 4.79 Å². The van der Waals surface area contributed by atoms with E-state index in [2.05, 4.69) is 0 Å². The molecule has 0 bridgehead atoms. The van der Waals surface area contributed by atoms with Crippen molar-refractivity contribution in [3.63, 3.8) is 0 Å². The Labute approximate surface area is 95.0 Å². The second-order valence-electron chi connectivity index (χ2n) is 4.53. The van der Waals surface area contributed by atoms with Gasteiger partial charge in [0, 0.05) is 0 Å². The number of benzene rings is 1. The van der Waals surface area contributed by atoms with Crippen molar-refractivity contribution in [3.05, 3.63) is 29.8 Å². The van der Waals surface area contributed by atoms with Crippen LogP contribution in [0.15, 0.2) is 24.3 Å². The number of carboxylic acids is 1. The maximum atomic E-state index is 10.8. The van der Waals surface area contributed by atoms with Crippen LogP contribution in [0, 0.1) is 6.92 Å². The Balaban J connectivity index is 2.09. The summed E-state index contributed by atoms with van der Waals surface area (Å²) in [5.74, 6) is -0.00620. The Morgan fingerprint density at radius 3 is 2.75 bits per heavy atom. The Hall–Kier alpha value is -1.51. The average Bonchev–Trinajstić information content (AvgIpc) is 2.13. The summed E-state index contributed by atoms with van der Waals surface area (Å²) >= 11 is 0. The van der Waals surface area contributed by atoms with Crippen LogP contribution in [0.1, 0.15) is 31.2 Å². The minimum absolute atomic E-state index is 0.0982. The zero-order valence-electron chi connectivity index (χ0n) is 9.40. The highest BCUT2D eigenvalue weighted by Gasteiger charge is 2.41. The first-order valence-corrected chi connectivity index (χ1v) is 5.57. The van der Waals surface area contributed by atoms with Gasteiger partial charge in [-0.2, -0.15) is 0 Å². The molecule has 0 aliphatic heterocycles. The third-order valence-electron chi connectivity index (χ3n) is 3.06. The van der Waals surface area contributed by atoms with Crippen molar-refractivity contribution >= 4 is 5.97 Å². The molecule has 0 heterocycles. The lowest BCUT2D eigenvalue weighted by molar-refractivity contribution is -0.144. The molecular formula is C13H16O3. The van der Waals surface area contributed by atoms with Gasteiger partial charge >= 0.3 is 5.97 Å². The second kappa shape index (κ2) is 4.16. The van der Waals surface area contributed by atoms with Gasteiger partial charge in [-0.15, -0.1) is 0 Å². The zero-order valence-corrected chi connectivity index (χ0v) is 9.40. The highest BCUT2D eigenvalue weighted by atomic mass is 16.5. The summed E-state index contributed by atoms with van der Waals surface area (Å²) in [7, 11) is 0. The maximum Gasteiger partial charge on any atom is 0.307 e. The molecule has 16 heavy (non-hydrogen) atoms. The first-order valence-electron chi connectivity index (χ1n) is 5.57. The molecule has 1 aliphatic carbocycles. The lowest BCUT2D eigenvalue weighted by atomic mass is 9.77. The van der Waals surface area contributed by atoms with Crippen LogP contribution in [0.2, 0.25) is 0 Å². The molecule has 86 valence electrons. The summed E-state index contributed by atoms with van der Waals surface area (Å²) in [6.07, 6.45) is 2.83. The molecule has 0 spiro atoms. The van der Waals surface area contributed by atoms with Gasteiger partial charge in [0.1, 0.15) is 11.4 Å². The number of aryl methyl sites for hydroxylation is 1. The van der Waals surface area contributed by atoms with E-state index in [9.17, 15) is 4.79 Å². The minimum Gasteiger partial charge on any atom is -0.487 e. The van der Waals surface area contributed by atoms with Crippen molar-refractivity contribution in [3.8, 4) is 5.75 Å². The van der Waals surface area contributed by atoms with E-state index in [1.54, 1.807) is 0 Å². The number of hydrogen-bond donors (Lipinski definition) is 1. The molecule has 1 N–H and O–H groups in total. The van der Waals surface area contributed by atoms with Crippen LogP contribution in [-0.2, 0) is 4.79 Å². The third-order valence-corrected chi connectivity index (χ3v) is 3.06. The predicted octanol–water partition coefficient (Wildman–Crippen LogP) is 2.77. The van der Waals surface area contributed by atoms with E-state index in [0.717, 1.165) is 30.6 Å². The highest BCUT2D eigenvalue weighted by Crippen LogP contribution is 2.39. The van der Waals surface area contributed by atoms with E-state index in [4.69, 9.17) is 9.84 Å². The molecule has 0 saturated heterocycles. The van der Waals surface area contributed by atoms with Crippen molar-refractivity contribution < 1.29 is 14.6 Å². The zero-order chi connectivity index (χ0) is 11.6. The quantitative estimate of drug-likeness (QED) is 0.848. The smallest absolute Gasteiger partial charge is 0.307 e. The number of carbonyl (C=O) groups is 1. The Bertz CT molecular complexity index is 394. The van der Waals surface area contributed by atoms with E-state index in [1.165, 1.54) is 0 Å². The molecule has 0 unspecified atom stereocenters. The number of hydrogen-bond acceptors (Lipinski definition) is 2. The minimum atomic E-state index is -0.785. The fraction of sp³-hybridized carbons (Fsp3) is 0.462. The third kappa shape index (κ3) is 2.35. The van der Waals surface area contributed by atoms with E-state index in [0.29, 0.717) is 0 Å². The summed E-state index contributed by atoms with van der Waals surface area (Å²) in [5.41, 5.74) is 0.668.